The maximum atomic E-state index is 12.2. The number of oxazole rings is 1. The summed E-state index contributed by atoms with van der Waals surface area (Å²) in [5.41, 5.74) is 2.72. The highest BCUT2D eigenvalue weighted by Gasteiger charge is 2.24. The quantitative estimate of drug-likeness (QED) is 0.586. The van der Waals surface area contributed by atoms with Gasteiger partial charge >= 0.3 is 0 Å². The van der Waals surface area contributed by atoms with Gasteiger partial charge in [-0.25, -0.2) is 9.98 Å². The molecule has 0 bridgehead atoms. The third-order valence-electron chi connectivity index (χ3n) is 3.62. The van der Waals surface area contributed by atoms with Crippen LogP contribution in [-0.2, 0) is 4.79 Å². The van der Waals surface area contributed by atoms with Crippen LogP contribution in [0.2, 0.25) is 10.0 Å². The number of amidine groups is 1. The van der Waals surface area contributed by atoms with Crippen molar-refractivity contribution in [3.8, 4) is 0 Å². The molecule has 1 fully saturated rings. The van der Waals surface area contributed by atoms with E-state index in [-0.39, 0.29) is 5.91 Å². The van der Waals surface area contributed by atoms with E-state index in [9.17, 15) is 4.79 Å². The second-order valence-corrected chi connectivity index (χ2v) is 7.36. The molecule has 2 heterocycles. The Morgan fingerprint density at radius 2 is 2.00 bits per heavy atom. The van der Waals surface area contributed by atoms with Gasteiger partial charge in [0.15, 0.2) is 16.6 Å². The van der Waals surface area contributed by atoms with Crippen LogP contribution >= 0.6 is 35.0 Å². The van der Waals surface area contributed by atoms with Crippen molar-refractivity contribution in [2.24, 2.45) is 4.99 Å². The molecule has 130 valence electrons. The Morgan fingerprint density at radius 1 is 1.23 bits per heavy atom. The van der Waals surface area contributed by atoms with Crippen LogP contribution in [0, 0.1) is 6.92 Å². The molecule has 0 saturated carbocycles. The number of aromatic nitrogens is 1. The number of benzene rings is 2. The number of aliphatic imine (C=N–C) groups is 1. The van der Waals surface area contributed by atoms with E-state index in [4.69, 9.17) is 27.6 Å². The molecular formula is C18H11Cl2N3O2S. The van der Waals surface area contributed by atoms with Gasteiger partial charge in [-0.3, -0.25) is 4.79 Å². The first-order valence-electron chi connectivity index (χ1n) is 7.60. The minimum Gasteiger partial charge on any atom is -0.441 e. The van der Waals surface area contributed by atoms with E-state index in [0.29, 0.717) is 37.3 Å². The summed E-state index contributed by atoms with van der Waals surface area (Å²) in [5, 5.41) is 3.98. The van der Waals surface area contributed by atoms with Gasteiger partial charge in [-0.05, 0) is 47.7 Å². The van der Waals surface area contributed by atoms with E-state index in [2.05, 4.69) is 15.3 Å². The van der Waals surface area contributed by atoms with Crippen LogP contribution in [-0.4, -0.2) is 16.1 Å². The van der Waals surface area contributed by atoms with E-state index < -0.39 is 0 Å². The number of carbonyl (C=O) groups excluding carboxylic acids is 1. The number of aryl methyl sites for hydroxylation is 1. The lowest BCUT2D eigenvalue weighted by atomic mass is 10.2. The van der Waals surface area contributed by atoms with Gasteiger partial charge in [0, 0.05) is 6.92 Å². The highest BCUT2D eigenvalue weighted by Crippen LogP contribution is 2.35. The fourth-order valence-corrected chi connectivity index (χ4v) is 3.79. The number of nitrogens with one attached hydrogen (secondary N) is 1. The van der Waals surface area contributed by atoms with E-state index in [1.807, 2.05) is 18.2 Å². The van der Waals surface area contributed by atoms with Crippen molar-refractivity contribution in [2.45, 2.75) is 6.92 Å². The molecule has 26 heavy (non-hydrogen) atoms. The highest BCUT2D eigenvalue weighted by molar-refractivity contribution is 8.18. The third kappa shape index (κ3) is 3.35. The Bertz CT molecular complexity index is 1080. The SMILES string of the molecule is Cc1nc2ccc(C=C3SC(=Nc4c(Cl)cccc4Cl)NC3=O)cc2o1. The number of halogens is 2. The maximum absolute atomic E-state index is 12.2. The minimum atomic E-state index is -0.231. The van der Waals surface area contributed by atoms with Gasteiger partial charge in [0.25, 0.3) is 5.91 Å². The molecule has 0 radical (unpaired) electrons. The summed E-state index contributed by atoms with van der Waals surface area (Å²) >= 11 is 13.5. The average Bonchev–Trinajstić information content (AvgIpc) is 3.12. The minimum absolute atomic E-state index is 0.231. The third-order valence-corrected chi connectivity index (χ3v) is 5.14. The van der Waals surface area contributed by atoms with E-state index in [1.165, 1.54) is 11.8 Å². The first kappa shape index (κ1) is 17.1. The molecule has 1 aromatic heterocycles. The van der Waals surface area contributed by atoms with Crippen LogP contribution in [0.4, 0.5) is 5.69 Å². The lowest BCUT2D eigenvalue weighted by Gasteiger charge is -2.01. The molecule has 0 spiro atoms. The van der Waals surface area contributed by atoms with Crippen LogP contribution < -0.4 is 5.32 Å². The summed E-state index contributed by atoms with van der Waals surface area (Å²) in [6.45, 7) is 1.79. The average molecular weight is 404 g/mol. The second-order valence-electron chi connectivity index (χ2n) is 5.51. The standard InChI is InChI=1S/C18H11Cl2N3O2S/c1-9-21-13-6-5-10(7-14(13)25-9)8-15-17(24)23-18(26-15)22-16-11(19)3-2-4-12(16)20/h2-8H,1H3,(H,22,23,24). The van der Waals surface area contributed by atoms with Crippen LogP contribution in [0.1, 0.15) is 11.5 Å². The van der Waals surface area contributed by atoms with E-state index in [1.54, 1.807) is 31.2 Å². The van der Waals surface area contributed by atoms with Crippen molar-refractivity contribution >= 4 is 68.9 Å². The summed E-state index contributed by atoms with van der Waals surface area (Å²) in [4.78, 5) is 21.4. The molecule has 0 atom stereocenters. The van der Waals surface area contributed by atoms with Crippen molar-refractivity contribution in [3.63, 3.8) is 0 Å². The zero-order valence-electron chi connectivity index (χ0n) is 13.4. The largest absolute Gasteiger partial charge is 0.441 e. The monoisotopic (exact) mass is 403 g/mol. The second kappa shape index (κ2) is 6.79. The summed E-state index contributed by atoms with van der Waals surface area (Å²) in [7, 11) is 0. The van der Waals surface area contributed by atoms with Crippen molar-refractivity contribution in [2.75, 3.05) is 0 Å². The molecule has 2 aromatic carbocycles. The zero-order chi connectivity index (χ0) is 18.3. The van der Waals surface area contributed by atoms with E-state index in [0.717, 1.165) is 11.1 Å². The molecule has 1 saturated heterocycles. The Labute approximate surface area is 163 Å². The van der Waals surface area contributed by atoms with Gasteiger partial charge in [-0.15, -0.1) is 0 Å². The van der Waals surface area contributed by atoms with Gasteiger partial charge in [0.2, 0.25) is 0 Å². The first-order chi connectivity index (χ1) is 12.5. The Kier molecular flexibility index (Phi) is 4.48. The van der Waals surface area contributed by atoms with E-state index >= 15 is 0 Å². The zero-order valence-corrected chi connectivity index (χ0v) is 15.7. The van der Waals surface area contributed by atoms with Crippen molar-refractivity contribution < 1.29 is 9.21 Å². The van der Waals surface area contributed by atoms with Gasteiger partial charge in [0.05, 0.1) is 15.0 Å². The molecule has 1 aliphatic heterocycles. The number of hydrogen-bond acceptors (Lipinski definition) is 5. The fourth-order valence-electron chi connectivity index (χ4n) is 2.48. The van der Waals surface area contributed by atoms with Gasteiger partial charge in [-0.2, -0.15) is 0 Å². The first-order valence-corrected chi connectivity index (χ1v) is 9.17. The highest BCUT2D eigenvalue weighted by atomic mass is 35.5. The number of thioether (sulfide) groups is 1. The number of nitrogens with zero attached hydrogens (tertiary/aromatic N) is 2. The summed E-state index contributed by atoms with van der Waals surface area (Å²) < 4.78 is 5.53. The number of fused-ring (bicyclic) bond motifs is 1. The predicted octanol–water partition coefficient (Wildman–Crippen LogP) is 5.33. The Balaban J connectivity index is 1.64. The van der Waals surface area contributed by atoms with Crippen LogP contribution in [0.25, 0.3) is 17.2 Å². The maximum Gasteiger partial charge on any atom is 0.264 e. The number of amides is 1. The normalized spacial score (nSPS) is 17.4. The van der Waals surface area contributed by atoms with Gasteiger partial charge in [-0.1, -0.05) is 35.3 Å². The molecule has 1 amide bonds. The number of rotatable bonds is 2. The summed E-state index contributed by atoms with van der Waals surface area (Å²) in [6, 6.07) is 10.7. The molecule has 3 aromatic rings. The molecule has 8 heteroatoms. The van der Waals surface area contributed by atoms with Crippen molar-refractivity contribution in [1.82, 2.24) is 10.3 Å². The predicted molar refractivity (Wildman–Crippen MR) is 106 cm³/mol. The smallest absolute Gasteiger partial charge is 0.264 e. The molecule has 1 aliphatic rings. The lowest BCUT2D eigenvalue weighted by Crippen LogP contribution is -2.19. The molecule has 0 aliphatic carbocycles. The van der Waals surface area contributed by atoms with Crippen LogP contribution in [0.15, 0.2) is 50.7 Å². The molecule has 0 unspecified atom stereocenters. The van der Waals surface area contributed by atoms with Gasteiger partial charge < -0.3 is 9.73 Å². The van der Waals surface area contributed by atoms with Crippen molar-refractivity contribution in [3.05, 3.63) is 62.8 Å². The van der Waals surface area contributed by atoms with Crippen LogP contribution in [0.5, 0.6) is 0 Å². The molecule has 4 rings (SSSR count). The molecule has 1 N–H and O–H groups in total. The topological polar surface area (TPSA) is 67.5 Å². The summed E-state index contributed by atoms with van der Waals surface area (Å²) in [5.74, 6) is 0.370. The lowest BCUT2D eigenvalue weighted by molar-refractivity contribution is -0.115. The molecule has 5 nitrogen and oxygen atoms in total. The number of para-hydroxylation sites is 1. The van der Waals surface area contributed by atoms with Gasteiger partial charge in [0.1, 0.15) is 11.2 Å². The summed E-state index contributed by atoms with van der Waals surface area (Å²) in [6.07, 6.45) is 1.77. The van der Waals surface area contributed by atoms with Crippen molar-refractivity contribution in [1.29, 1.82) is 0 Å². The Morgan fingerprint density at radius 3 is 2.77 bits per heavy atom. The molecular weight excluding hydrogens is 393 g/mol. The van der Waals surface area contributed by atoms with Crippen LogP contribution in [0.3, 0.4) is 0 Å². The fraction of sp³-hybridized carbons (Fsp3) is 0.0556. The Hall–Kier alpha value is -2.28. The number of carbonyl (C=O) groups is 1. The number of hydrogen-bond donors (Lipinski definition) is 1.